The first kappa shape index (κ1) is 14.0. The van der Waals surface area contributed by atoms with Crippen LogP contribution in [0.5, 0.6) is 0 Å². The Labute approximate surface area is 96.6 Å². The van der Waals surface area contributed by atoms with Crippen LogP contribution in [0.3, 0.4) is 0 Å². The third kappa shape index (κ3) is 3.45. The van der Waals surface area contributed by atoms with E-state index in [1.807, 2.05) is 0 Å². The van der Waals surface area contributed by atoms with Gasteiger partial charge in [-0.05, 0) is 18.2 Å². The van der Waals surface area contributed by atoms with Gasteiger partial charge in [0.15, 0.2) is 0 Å². The van der Waals surface area contributed by atoms with Crippen LogP contribution in [-0.4, -0.2) is 25.9 Å². The lowest BCUT2D eigenvalue weighted by molar-refractivity contribution is 0.481. The predicted molar refractivity (Wildman–Crippen MR) is 54.0 cm³/mol. The van der Waals surface area contributed by atoms with Gasteiger partial charge in [0.1, 0.15) is 0 Å². The van der Waals surface area contributed by atoms with Crippen LogP contribution in [0.4, 0.5) is 0 Å². The molecular weight excluding hydrogens is 295 g/mol. The molecule has 0 amide bonds. The predicted octanol–water partition coefficient (Wildman–Crippen LogP) is -0.0218. The monoisotopic (exact) mass is 300 g/mol. The van der Waals surface area contributed by atoms with Crippen LogP contribution in [0.1, 0.15) is 0 Å². The van der Waals surface area contributed by atoms with Crippen LogP contribution in [-0.2, 0) is 29.4 Å². The van der Waals surface area contributed by atoms with E-state index in [1.165, 1.54) is 0 Å². The van der Waals surface area contributed by atoms with Crippen molar-refractivity contribution in [2.45, 2.75) is 9.79 Å². The highest BCUT2D eigenvalue weighted by Gasteiger charge is 2.19. The Bertz CT molecular complexity index is 669. The van der Waals surface area contributed by atoms with Gasteiger partial charge in [-0.3, -0.25) is 9.11 Å². The zero-order valence-corrected chi connectivity index (χ0v) is 10.4. The van der Waals surface area contributed by atoms with Gasteiger partial charge in [0.2, 0.25) is 0 Å². The topological polar surface area (TPSA) is 143 Å². The molecule has 0 bridgehead atoms. The number of benzene rings is 1. The van der Waals surface area contributed by atoms with E-state index in [9.17, 15) is 26.0 Å². The van der Waals surface area contributed by atoms with Crippen LogP contribution in [0, 0.1) is 0 Å². The average molecular weight is 300 g/mol. The van der Waals surface area contributed by atoms with E-state index in [0.717, 1.165) is 0 Å². The zero-order chi connectivity index (χ0) is 13.4. The summed E-state index contributed by atoms with van der Waals surface area (Å²) in [4.78, 5) is -1.89. The molecule has 0 unspecified atom stereocenters. The van der Waals surface area contributed by atoms with Crippen molar-refractivity contribution in [2.24, 2.45) is 0 Å². The van der Waals surface area contributed by atoms with E-state index >= 15 is 0 Å². The fourth-order valence-electron chi connectivity index (χ4n) is 0.960. The number of rotatable bonds is 3. The molecule has 8 nitrogen and oxygen atoms in total. The molecule has 0 aliphatic heterocycles. The summed E-state index contributed by atoms with van der Waals surface area (Å²) in [5, 5.41) is -0.664. The summed E-state index contributed by atoms with van der Waals surface area (Å²) < 4.78 is 81.7. The Morgan fingerprint density at radius 3 is 1.41 bits per heavy atom. The molecule has 17 heavy (non-hydrogen) atoms. The van der Waals surface area contributed by atoms with E-state index in [4.69, 9.17) is 9.11 Å². The number of hydrogen-bond acceptors (Lipinski definition) is 6. The Balaban J connectivity index is 3.74. The van der Waals surface area contributed by atoms with E-state index in [-0.39, 0.29) is 0 Å². The summed E-state index contributed by atoms with van der Waals surface area (Å²) in [6.45, 7) is 0. The Morgan fingerprint density at radius 1 is 0.824 bits per heavy atom. The fraction of sp³-hybridized carbons (Fsp3) is 0. The maximum absolute atomic E-state index is 10.8. The van der Waals surface area contributed by atoms with Gasteiger partial charge >= 0.3 is 7.68 Å². The van der Waals surface area contributed by atoms with Crippen molar-refractivity contribution in [1.82, 2.24) is 0 Å². The van der Waals surface area contributed by atoms with Crippen LogP contribution in [0.2, 0.25) is 0 Å². The lowest BCUT2D eigenvalue weighted by atomic mass is 10.4. The molecule has 0 aliphatic carbocycles. The van der Waals surface area contributed by atoms with E-state index < -0.39 is 43.0 Å². The molecule has 1 aromatic carbocycles. The molecule has 0 fully saturated rings. The maximum Gasteiger partial charge on any atom is 0.348 e. The number of hydrogen-bond donors (Lipinski definition) is 2. The molecule has 0 spiro atoms. The van der Waals surface area contributed by atoms with Crippen molar-refractivity contribution in [3.05, 3.63) is 18.2 Å². The molecule has 11 heteroatoms. The first-order chi connectivity index (χ1) is 7.51. The lowest BCUT2D eigenvalue weighted by Crippen LogP contribution is -2.08. The fourth-order valence-corrected chi connectivity index (χ4v) is 2.80. The van der Waals surface area contributed by atoms with Crippen molar-refractivity contribution >= 4 is 33.2 Å². The molecule has 0 radical (unpaired) electrons. The molecule has 0 saturated heterocycles. The van der Waals surface area contributed by atoms with Gasteiger partial charge in [-0.2, -0.15) is 16.8 Å². The van der Waals surface area contributed by atoms with Crippen molar-refractivity contribution in [3.8, 4) is 0 Å². The van der Waals surface area contributed by atoms with Gasteiger partial charge in [-0.25, -0.2) is 9.13 Å². The maximum atomic E-state index is 10.8. The molecule has 0 aliphatic rings. The van der Waals surface area contributed by atoms with Gasteiger partial charge < -0.3 is 0 Å². The van der Waals surface area contributed by atoms with E-state index in [0.29, 0.717) is 18.2 Å². The molecule has 0 atom stereocenters. The van der Waals surface area contributed by atoms with Crippen molar-refractivity contribution in [3.63, 3.8) is 0 Å². The summed E-state index contributed by atoms with van der Waals surface area (Å²) in [6.07, 6.45) is 0. The first-order valence-electron chi connectivity index (χ1n) is 3.76. The van der Waals surface area contributed by atoms with Gasteiger partial charge in [-0.15, -0.1) is 0 Å². The van der Waals surface area contributed by atoms with Crippen LogP contribution in [0.15, 0.2) is 28.0 Å². The van der Waals surface area contributed by atoms with Crippen molar-refractivity contribution in [2.75, 3.05) is 0 Å². The highest BCUT2D eigenvalue weighted by atomic mass is 32.2. The second kappa shape index (κ2) is 4.31. The van der Waals surface area contributed by atoms with E-state index in [2.05, 4.69) is 0 Å². The minimum Gasteiger partial charge on any atom is -0.282 e. The van der Waals surface area contributed by atoms with Gasteiger partial charge in [0.25, 0.3) is 20.2 Å². The SMILES string of the molecule is O=P(=O)c1cc(S(=O)(=O)O)cc(S(=O)(=O)O)c1. The molecular formula is C6H5O8PS2. The average Bonchev–Trinajstić information content (AvgIpc) is 2.14. The summed E-state index contributed by atoms with van der Waals surface area (Å²) >= 11 is 0. The van der Waals surface area contributed by atoms with Crippen LogP contribution < -0.4 is 5.30 Å². The second-order valence-corrected chi connectivity index (χ2v) is 6.74. The van der Waals surface area contributed by atoms with Gasteiger partial charge in [-0.1, -0.05) is 0 Å². The van der Waals surface area contributed by atoms with Crippen molar-refractivity contribution in [1.29, 1.82) is 0 Å². The standard InChI is InChI=1S/C6H5O8PS2/c7-15(8)4-1-5(16(9,10)11)3-6(2-4)17(12,13)14/h1-3H,(H,9,10,11)(H,12,13,14). The summed E-state index contributed by atoms with van der Waals surface area (Å²) in [5.74, 6) is 0. The molecule has 94 valence electrons. The third-order valence-corrected chi connectivity index (χ3v) is 4.01. The Hall–Kier alpha value is -1.06. The van der Waals surface area contributed by atoms with Gasteiger partial charge in [0.05, 0.1) is 15.1 Å². The summed E-state index contributed by atoms with van der Waals surface area (Å²) in [5.41, 5.74) is 0. The Morgan fingerprint density at radius 2 is 1.18 bits per heavy atom. The summed E-state index contributed by atoms with van der Waals surface area (Å²) in [7, 11) is -12.8. The second-order valence-electron chi connectivity index (χ2n) is 2.87. The molecule has 0 saturated carbocycles. The highest BCUT2D eigenvalue weighted by Crippen LogP contribution is 2.18. The largest absolute Gasteiger partial charge is 0.348 e. The highest BCUT2D eigenvalue weighted by molar-refractivity contribution is 7.86. The molecule has 0 aromatic heterocycles. The molecule has 1 aromatic rings. The first-order valence-corrected chi connectivity index (χ1v) is 7.82. The van der Waals surface area contributed by atoms with Gasteiger partial charge in [0, 0.05) is 0 Å². The Kier molecular flexibility index (Phi) is 3.55. The quantitative estimate of drug-likeness (QED) is 0.585. The third-order valence-electron chi connectivity index (χ3n) is 1.67. The normalized spacial score (nSPS) is 12.4. The zero-order valence-electron chi connectivity index (χ0n) is 7.84. The van der Waals surface area contributed by atoms with Crippen molar-refractivity contribution < 1.29 is 35.1 Å². The van der Waals surface area contributed by atoms with Crippen LogP contribution in [0.25, 0.3) is 0 Å². The lowest BCUT2D eigenvalue weighted by Gasteiger charge is -2.01. The minimum absolute atomic E-state index is 0.438. The summed E-state index contributed by atoms with van der Waals surface area (Å²) in [6, 6.07) is 1.57. The van der Waals surface area contributed by atoms with Crippen LogP contribution >= 0.6 is 7.68 Å². The molecule has 0 heterocycles. The molecule has 2 N–H and O–H groups in total. The molecule has 1 rings (SSSR count). The van der Waals surface area contributed by atoms with E-state index in [1.54, 1.807) is 0 Å². The smallest absolute Gasteiger partial charge is 0.282 e. The minimum atomic E-state index is -4.78.